The third-order valence-electron chi connectivity index (χ3n) is 3.37. The summed E-state index contributed by atoms with van der Waals surface area (Å²) in [4.78, 5) is 26.2. The Morgan fingerprint density at radius 3 is 2.52 bits per heavy atom. The van der Waals surface area contributed by atoms with Crippen LogP contribution >= 0.6 is 0 Å². The van der Waals surface area contributed by atoms with Crippen LogP contribution in [0.25, 0.3) is 0 Å². The van der Waals surface area contributed by atoms with E-state index in [9.17, 15) is 18.4 Å². The number of benzene rings is 1. The smallest absolute Gasteiger partial charge is 0.325 e. The lowest BCUT2D eigenvalue weighted by molar-refractivity contribution is -0.141. The van der Waals surface area contributed by atoms with Crippen LogP contribution in [-0.2, 0) is 29.7 Å². The van der Waals surface area contributed by atoms with Crippen molar-refractivity contribution in [1.82, 2.24) is 30.4 Å². The molecule has 0 fully saturated rings. The minimum atomic E-state index is -0.936. The summed E-state index contributed by atoms with van der Waals surface area (Å²) in [6, 6.07) is 1.37. The zero-order chi connectivity index (χ0) is 20.0. The van der Waals surface area contributed by atoms with Gasteiger partial charge in [0.1, 0.15) is 23.9 Å². The van der Waals surface area contributed by atoms with Crippen LogP contribution in [0.5, 0.6) is 0 Å². The Labute approximate surface area is 153 Å². The monoisotopic (exact) mass is 383 g/mol. The highest BCUT2D eigenvalue weighted by molar-refractivity contribution is 5.80. The number of aryl methyl sites for hydroxylation is 1. The molecule has 0 aliphatic rings. The van der Waals surface area contributed by atoms with E-state index in [-0.39, 0.29) is 37.6 Å². The van der Waals surface area contributed by atoms with Crippen molar-refractivity contribution in [2.45, 2.75) is 20.0 Å². The van der Waals surface area contributed by atoms with E-state index in [0.717, 1.165) is 12.1 Å². The summed E-state index contributed by atoms with van der Waals surface area (Å²) in [6.45, 7) is 1.17. The molecule has 3 N–H and O–H groups in total. The van der Waals surface area contributed by atoms with Gasteiger partial charge in [-0.25, -0.2) is 13.6 Å². The third-order valence-corrected chi connectivity index (χ3v) is 3.37. The van der Waals surface area contributed by atoms with Crippen molar-refractivity contribution in [1.29, 1.82) is 0 Å². The van der Waals surface area contributed by atoms with Crippen molar-refractivity contribution in [2.24, 2.45) is 7.05 Å². The number of amides is 2. The number of carbonyl (C=O) groups excluding carboxylic acids is 2. The number of hydrogen-bond acceptors (Lipinski definition) is 7. The number of hydrogen-bond donors (Lipinski definition) is 2. The number of aromatic nitrogens is 4. The van der Waals surface area contributed by atoms with E-state index in [1.807, 2.05) is 0 Å². The van der Waals surface area contributed by atoms with Crippen LogP contribution < -0.4 is 11.1 Å². The molecular weight excluding hydrogens is 364 g/mol. The summed E-state index contributed by atoms with van der Waals surface area (Å²) in [5.74, 6) is -2.28. The van der Waals surface area contributed by atoms with Crippen LogP contribution in [0.15, 0.2) is 12.1 Å². The minimum absolute atomic E-state index is 0.101. The molecule has 0 bridgehead atoms. The largest absolute Gasteiger partial charge is 0.465 e. The summed E-state index contributed by atoms with van der Waals surface area (Å²) in [7, 11) is 1.55. The average molecular weight is 383 g/mol. The fraction of sp³-hybridized carbons (Fsp3) is 0.400. The van der Waals surface area contributed by atoms with E-state index in [2.05, 4.69) is 20.7 Å². The van der Waals surface area contributed by atoms with E-state index < -0.39 is 29.3 Å². The molecule has 2 rings (SSSR count). The fourth-order valence-corrected chi connectivity index (χ4v) is 2.18. The maximum Gasteiger partial charge on any atom is 0.325 e. The molecule has 1 aromatic heterocycles. The van der Waals surface area contributed by atoms with E-state index in [1.165, 1.54) is 9.70 Å². The molecule has 27 heavy (non-hydrogen) atoms. The van der Waals surface area contributed by atoms with Crippen molar-refractivity contribution in [3.8, 4) is 0 Å². The average Bonchev–Trinajstić information content (AvgIpc) is 3.02. The Bertz CT molecular complexity index is 804. The molecule has 1 aromatic carbocycles. The van der Waals surface area contributed by atoms with Gasteiger partial charge in [0.2, 0.25) is 0 Å². The Morgan fingerprint density at radius 1 is 1.30 bits per heavy atom. The topological polar surface area (TPSA) is 128 Å². The van der Waals surface area contributed by atoms with Crippen molar-refractivity contribution < 1.29 is 23.1 Å². The van der Waals surface area contributed by atoms with Gasteiger partial charge < -0.3 is 20.7 Å². The number of carbonyl (C=O) groups is 2. The maximum absolute atomic E-state index is 13.7. The van der Waals surface area contributed by atoms with Crippen LogP contribution in [0.1, 0.15) is 18.3 Å². The number of nitrogens with two attached hydrogens (primary N) is 1. The van der Waals surface area contributed by atoms with Gasteiger partial charge in [-0.05, 0) is 29.8 Å². The molecule has 0 saturated carbocycles. The molecule has 12 heteroatoms. The molecule has 0 spiro atoms. The van der Waals surface area contributed by atoms with Crippen molar-refractivity contribution in [3.63, 3.8) is 0 Å². The summed E-state index contributed by atoms with van der Waals surface area (Å²) >= 11 is 0. The number of nitrogens with one attached hydrogen (secondary N) is 1. The van der Waals surface area contributed by atoms with E-state index >= 15 is 0 Å². The summed E-state index contributed by atoms with van der Waals surface area (Å²) in [5, 5.41) is 13.8. The standard InChI is InChI=1S/C15H19F2N7O3/c1-3-27-13(25)6-19-15(26)24(8-12-20-22-23(2)21-12)7-9-4-10(16)14(18)11(17)5-9/h4-5H,3,6-8,18H2,1-2H3,(H,19,26). The molecule has 0 aliphatic heterocycles. The zero-order valence-electron chi connectivity index (χ0n) is 14.8. The minimum Gasteiger partial charge on any atom is -0.465 e. The van der Waals surface area contributed by atoms with E-state index in [4.69, 9.17) is 10.5 Å². The van der Waals surface area contributed by atoms with Gasteiger partial charge >= 0.3 is 12.0 Å². The van der Waals surface area contributed by atoms with E-state index in [0.29, 0.717) is 0 Å². The predicted molar refractivity (Wildman–Crippen MR) is 88.8 cm³/mol. The van der Waals surface area contributed by atoms with Gasteiger partial charge in [0.15, 0.2) is 5.82 Å². The number of tetrazole rings is 1. The molecule has 1 heterocycles. The highest BCUT2D eigenvalue weighted by atomic mass is 19.1. The number of rotatable bonds is 7. The molecule has 2 aromatic rings. The molecule has 0 unspecified atom stereocenters. The molecule has 0 aliphatic carbocycles. The number of ether oxygens (including phenoxy) is 1. The lowest BCUT2D eigenvalue weighted by atomic mass is 10.1. The second-order valence-corrected chi connectivity index (χ2v) is 5.49. The van der Waals surface area contributed by atoms with Gasteiger partial charge in [-0.3, -0.25) is 4.79 Å². The lowest BCUT2D eigenvalue weighted by Gasteiger charge is -2.22. The Kier molecular flexibility index (Phi) is 6.57. The first kappa shape index (κ1) is 20.0. The number of anilines is 1. The highest BCUT2D eigenvalue weighted by Crippen LogP contribution is 2.19. The predicted octanol–water partition coefficient (Wildman–Crippen LogP) is 0.345. The molecular formula is C15H19F2N7O3. The molecule has 10 nitrogen and oxygen atoms in total. The van der Waals surface area contributed by atoms with Gasteiger partial charge in [0, 0.05) is 6.54 Å². The van der Waals surface area contributed by atoms with Gasteiger partial charge in [-0.1, -0.05) is 0 Å². The SMILES string of the molecule is CCOC(=O)CNC(=O)N(Cc1cc(F)c(N)c(F)c1)Cc1nnn(C)n1. The second kappa shape index (κ2) is 8.87. The first-order valence-electron chi connectivity index (χ1n) is 7.94. The first-order valence-corrected chi connectivity index (χ1v) is 7.94. The summed E-state index contributed by atoms with van der Waals surface area (Å²) in [5.41, 5.74) is 4.81. The van der Waals surface area contributed by atoms with E-state index in [1.54, 1.807) is 14.0 Å². The number of urea groups is 1. The molecule has 146 valence electrons. The van der Waals surface area contributed by atoms with Crippen LogP contribution in [0.2, 0.25) is 0 Å². The van der Waals surface area contributed by atoms with Crippen LogP contribution in [0.4, 0.5) is 19.3 Å². The third kappa shape index (κ3) is 5.59. The molecule has 0 saturated heterocycles. The lowest BCUT2D eigenvalue weighted by Crippen LogP contribution is -2.42. The van der Waals surface area contributed by atoms with Gasteiger partial charge in [0.05, 0.1) is 20.2 Å². The van der Waals surface area contributed by atoms with Gasteiger partial charge in [-0.15, -0.1) is 10.2 Å². The van der Waals surface area contributed by atoms with Crippen molar-refractivity contribution >= 4 is 17.7 Å². The number of halogens is 2. The van der Waals surface area contributed by atoms with Gasteiger partial charge in [0.25, 0.3) is 0 Å². The number of esters is 1. The summed E-state index contributed by atoms with van der Waals surface area (Å²) in [6.07, 6.45) is 0. The Balaban J connectivity index is 2.16. The quantitative estimate of drug-likeness (QED) is 0.521. The fourth-order valence-electron chi connectivity index (χ4n) is 2.18. The normalized spacial score (nSPS) is 10.5. The summed E-state index contributed by atoms with van der Waals surface area (Å²) < 4.78 is 32.1. The van der Waals surface area contributed by atoms with Crippen LogP contribution in [-0.4, -0.2) is 50.3 Å². The zero-order valence-corrected chi connectivity index (χ0v) is 14.8. The maximum atomic E-state index is 13.7. The molecule has 2 amide bonds. The van der Waals surface area contributed by atoms with Gasteiger partial charge in [-0.2, -0.15) is 4.80 Å². The molecule has 0 atom stereocenters. The number of nitrogen functional groups attached to an aromatic ring is 1. The van der Waals surface area contributed by atoms with Crippen molar-refractivity contribution in [3.05, 3.63) is 35.2 Å². The molecule has 0 radical (unpaired) electrons. The first-order chi connectivity index (χ1) is 12.8. The second-order valence-electron chi connectivity index (χ2n) is 5.49. The van der Waals surface area contributed by atoms with Crippen LogP contribution in [0.3, 0.4) is 0 Å². The highest BCUT2D eigenvalue weighted by Gasteiger charge is 2.19. The van der Waals surface area contributed by atoms with Crippen LogP contribution in [0, 0.1) is 11.6 Å². The Hall–Kier alpha value is -3.31. The van der Waals surface area contributed by atoms with Crippen molar-refractivity contribution in [2.75, 3.05) is 18.9 Å². The number of nitrogens with zero attached hydrogens (tertiary/aromatic N) is 5. The Morgan fingerprint density at radius 2 is 1.96 bits per heavy atom.